The Morgan fingerprint density at radius 3 is 2.69 bits per heavy atom. The zero-order valence-electron chi connectivity index (χ0n) is 15.6. The fraction of sp³-hybridized carbons (Fsp3) is 0.632. The Kier molecular flexibility index (Phi) is 11.5. The van der Waals surface area contributed by atoms with E-state index in [9.17, 15) is 9.50 Å². The highest BCUT2D eigenvalue weighted by Crippen LogP contribution is 2.28. The molecule has 7 heteroatoms. The van der Waals surface area contributed by atoms with Crippen molar-refractivity contribution >= 4 is 41.7 Å². The molecule has 0 amide bonds. The maximum absolute atomic E-state index is 13.0. The number of aliphatic hydroxyl groups excluding tert-OH is 1. The van der Waals surface area contributed by atoms with Crippen LogP contribution in [0.5, 0.6) is 0 Å². The number of nitrogens with zero attached hydrogens (tertiary/aromatic N) is 1. The van der Waals surface area contributed by atoms with E-state index in [1.54, 1.807) is 12.1 Å². The van der Waals surface area contributed by atoms with Gasteiger partial charge in [0, 0.05) is 17.8 Å². The van der Waals surface area contributed by atoms with Crippen molar-refractivity contribution in [2.45, 2.75) is 56.9 Å². The van der Waals surface area contributed by atoms with E-state index in [1.165, 1.54) is 25.0 Å². The molecule has 148 valence electrons. The summed E-state index contributed by atoms with van der Waals surface area (Å²) in [4.78, 5) is 4.52. The Labute approximate surface area is 177 Å². The van der Waals surface area contributed by atoms with Crippen molar-refractivity contribution in [1.82, 2.24) is 10.6 Å². The zero-order valence-corrected chi connectivity index (χ0v) is 18.7. The number of rotatable bonds is 7. The van der Waals surface area contributed by atoms with Crippen molar-refractivity contribution in [1.29, 1.82) is 0 Å². The van der Waals surface area contributed by atoms with Gasteiger partial charge in [0.15, 0.2) is 5.96 Å². The molecule has 0 radical (unpaired) electrons. The van der Waals surface area contributed by atoms with Gasteiger partial charge in [0.05, 0.1) is 12.6 Å². The van der Waals surface area contributed by atoms with E-state index in [1.807, 2.05) is 18.7 Å². The predicted molar refractivity (Wildman–Crippen MR) is 120 cm³/mol. The van der Waals surface area contributed by atoms with Crippen LogP contribution in [0.4, 0.5) is 4.39 Å². The second-order valence-electron chi connectivity index (χ2n) is 6.37. The molecule has 1 saturated carbocycles. The van der Waals surface area contributed by atoms with Crippen LogP contribution in [0.25, 0.3) is 0 Å². The fourth-order valence-electron chi connectivity index (χ4n) is 3.14. The first-order chi connectivity index (χ1) is 12.1. The van der Waals surface area contributed by atoms with Gasteiger partial charge in [0.1, 0.15) is 5.82 Å². The number of nitrogens with one attached hydrogen (secondary N) is 2. The summed E-state index contributed by atoms with van der Waals surface area (Å²) < 4.78 is 13.0. The zero-order chi connectivity index (χ0) is 18.1. The molecule has 1 aliphatic rings. The maximum Gasteiger partial charge on any atom is 0.191 e. The normalized spacial score (nSPS) is 21.6. The van der Waals surface area contributed by atoms with Crippen LogP contribution in [0.2, 0.25) is 0 Å². The molecule has 0 aromatic heterocycles. The van der Waals surface area contributed by atoms with Crippen molar-refractivity contribution < 1.29 is 9.50 Å². The molecule has 3 atom stereocenters. The van der Waals surface area contributed by atoms with E-state index in [2.05, 4.69) is 22.5 Å². The van der Waals surface area contributed by atoms with Gasteiger partial charge in [0.25, 0.3) is 0 Å². The van der Waals surface area contributed by atoms with Gasteiger partial charge >= 0.3 is 0 Å². The average Bonchev–Trinajstić information content (AvgIpc) is 2.61. The molecule has 1 aromatic rings. The Hall–Kier alpha value is -0.540. The molecule has 0 saturated heterocycles. The number of guanidine groups is 1. The van der Waals surface area contributed by atoms with E-state index in [4.69, 9.17) is 0 Å². The summed E-state index contributed by atoms with van der Waals surface area (Å²) in [6, 6.07) is 6.35. The quantitative estimate of drug-likeness (QED) is 0.303. The van der Waals surface area contributed by atoms with Crippen LogP contribution < -0.4 is 10.6 Å². The first-order valence-corrected chi connectivity index (χ1v) is 10.3. The first-order valence-electron chi connectivity index (χ1n) is 9.22. The Morgan fingerprint density at radius 2 is 2.04 bits per heavy atom. The lowest BCUT2D eigenvalue weighted by molar-refractivity contribution is 0.187. The largest absolute Gasteiger partial charge is 0.386 e. The Morgan fingerprint density at radius 1 is 1.31 bits per heavy atom. The first kappa shape index (κ1) is 23.5. The predicted octanol–water partition coefficient (Wildman–Crippen LogP) is 4.10. The third kappa shape index (κ3) is 8.00. The van der Waals surface area contributed by atoms with Crippen LogP contribution in [0, 0.1) is 5.82 Å². The number of halogens is 2. The van der Waals surface area contributed by atoms with Crippen LogP contribution in [0.15, 0.2) is 29.3 Å². The lowest BCUT2D eigenvalue weighted by Crippen LogP contribution is -2.46. The average molecular weight is 495 g/mol. The lowest BCUT2D eigenvalue weighted by Gasteiger charge is -2.30. The van der Waals surface area contributed by atoms with E-state index >= 15 is 0 Å². The molecule has 0 bridgehead atoms. The Balaban J connectivity index is 0.00000338. The molecule has 3 unspecified atom stereocenters. The van der Waals surface area contributed by atoms with E-state index in [-0.39, 0.29) is 36.3 Å². The Bertz CT molecular complexity index is 542. The highest BCUT2D eigenvalue weighted by Gasteiger charge is 2.22. The van der Waals surface area contributed by atoms with Crippen molar-refractivity contribution in [2.75, 3.05) is 18.8 Å². The molecule has 4 nitrogen and oxygen atoms in total. The fourth-order valence-corrected chi connectivity index (χ4v) is 4.32. The molecular weight excluding hydrogens is 464 g/mol. The second kappa shape index (κ2) is 12.8. The number of thioether (sulfide) groups is 1. The van der Waals surface area contributed by atoms with Crippen LogP contribution in [0.1, 0.15) is 51.2 Å². The maximum atomic E-state index is 13.0. The summed E-state index contributed by atoms with van der Waals surface area (Å²) >= 11 is 2.04. The van der Waals surface area contributed by atoms with Crippen LogP contribution >= 0.6 is 35.7 Å². The number of aliphatic hydroxyl groups is 1. The molecule has 0 spiro atoms. The second-order valence-corrected chi connectivity index (χ2v) is 7.95. The molecule has 1 aromatic carbocycles. The molecule has 26 heavy (non-hydrogen) atoms. The summed E-state index contributed by atoms with van der Waals surface area (Å²) in [6.07, 6.45) is 4.13. The number of hydrogen-bond donors (Lipinski definition) is 3. The molecular formula is C19H31FIN3OS. The molecule has 2 rings (SSSR count). The summed E-state index contributed by atoms with van der Waals surface area (Å²) in [5, 5.41) is 17.8. The van der Waals surface area contributed by atoms with Crippen molar-refractivity contribution in [3.8, 4) is 0 Å². The lowest BCUT2D eigenvalue weighted by atomic mass is 9.95. The van der Waals surface area contributed by atoms with Crippen molar-refractivity contribution in [2.24, 2.45) is 4.99 Å². The van der Waals surface area contributed by atoms with Gasteiger partial charge < -0.3 is 15.7 Å². The summed E-state index contributed by atoms with van der Waals surface area (Å²) in [5.41, 5.74) is 0.679. The van der Waals surface area contributed by atoms with Crippen LogP contribution in [-0.2, 0) is 0 Å². The van der Waals surface area contributed by atoms with Gasteiger partial charge in [-0.2, -0.15) is 11.8 Å². The molecule has 3 N–H and O–H groups in total. The van der Waals surface area contributed by atoms with E-state index in [0.29, 0.717) is 11.6 Å². The number of hydrogen-bond acceptors (Lipinski definition) is 3. The monoisotopic (exact) mass is 495 g/mol. The molecule has 0 heterocycles. The number of benzene rings is 1. The minimum Gasteiger partial charge on any atom is -0.386 e. The third-order valence-corrected chi connectivity index (χ3v) is 5.62. The van der Waals surface area contributed by atoms with Gasteiger partial charge in [-0.15, -0.1) is 24.0 Å². The topological polar surface area (TPSA) is 56.7 Å². The van der Waals surface area contributed by atoms with E-state index in [0.717, 1.165) is 36.3 Å². The summed E-state index contributed by atoms with van der Waals surface area (Å²) in [6.45, 7) is 5.27. The van der Waals surface area contributed by atoms with Crippen LogP contribution in [-0.4, -0.2) is 41.2 Å². The van der Waals surface area contributed by atoms with Gasteiger partial charge in [-0.25, -0.2) is 4.39 Å². The van der Waals surface area contributed by atoms with Gasteiger partial charge in [0.2, 0.25) is 0 Å². The van der Waals surface area contributed by atoms with Gasteiger partial charge in [-0.1, -0.05) is 25.5 Å². The van der Waals surface area contributed by atoms with Crippen LogP contribution in [0.3, 0.4) is 0 Å². The summed E-state index contributed by atoms with van der Waals surface area (Å²) in [5.74, 6) is 1.61. The van der Waals surface area contributed by atoms with Crippen molar-refractivity contribution in [3.63, 3.8) is 0 Å². The van der Waals surface area contributed by atoms with E-state index < -0.39 is 6.10 Å². The molecule has 0 aliphatic heterocycles. The molecule has 1 aliphatic carbocycles. The minimum atomic E-state index is -0.731. The van der Waals surface area contributed by atoms with Gasteiger partial charge in [-0.05, 0) is 49.6 Å². The SMILES string of the molecule is CCNC(=NCC(O)c1ccc(F)cc1)NC1CCCC(SCC)C1.I. The third-order valence-electron chi connectivity index (χ3n) is 4.39. The highest BCUT2D eigenvalue weighted by atomic mass is 127. The van der Waals surface area contributed by atoms with Crippen molar-refractivity contribution in [3.05, 3.63) is 35.6 Å². The smallest absolute Gasteiger partial charge is 0.191 e. The number of aliphatic imine (C=N–C) groups is 1. The molecule has 1 fully saturated rings. The standard InChI is InChI=1S/C19H30FN3OS.HI/c1-3-21-19(23-16-6-5-7-17(12-16)25-4-2)22-13-18(24)14-8-10-15(20)11-9-14;/h8-11,16-18,24H,3-7,12-13H2,1-2H3,(H2,21,22,23);1H. The van der Waals surface area contributed by atoms with Gasteiger partial charge in [-0.3, -0.25) is 4.99 Å². The highest BCUT2D eigenvalue weighted by molar-refractivity contribution is 14.0. The summed E-state index contributed by atoms with van der Waals surface area (Å²) in [7, 11) is 0. The minimum absolute atomic E-state index is 0.